The van der Waals surface area contributed by atoms with Gasteiger partial charge in [-0.1, -0.05) is 80.6 Å². The van der Waals surface area contributed by atoms with Crippen LogP contribution < -0.4 is 5.32 Å². The number of Topliss-reactive ketones (excluding diaryl/α,β-unsaturated/α-hetero) is 1. The third-order valence-corrected chi connectivity index (χ3v) is 15.1. The van der Waals surface area contributed by atoms with E-state index in [-0.39, 0.29) is 47.1 Å². The van der Waals surface area contributed by atoms with Crippen molar-refractivity contribution in [2.24, 2.45) is 33.5 Å². The number of thiophene rings is 1. The maximum absolute atomic E-state index is 15.0. The Balaban J connectivity index is 1.22. The van der Waals surface area contributed by atoms with Crippen LogP contribution in [-0.2, 0) is 6.54 Å². The van der Waals surface area contributed by atoms with Crippen molar-refractivity contribution < 1.29 is 19.8 Å². The molecule has 1 aromatic heterocycles. The van der Waals surface area contributed by atoms with E-state index in [0.29, 0.717) is 19.4 Å². The van der Waals surface area contributed by atoms with E-state index in [4.69, 9.17) is 0 Å². The molecule has 1 heterocycles. The molecular formula is C42H50N2O4S. The van der Waals surface area contributed by atoms with Crippen LogP contribution in [0.15, 0.2) is 84.5 Å². The van der Waals surface area contributed by atoms with Gasteiger partial charge in [0.15, 0.2) is 5.78 Å². The molecule has 2 bridgehead atoms. The van der Waals surface area contributed by atoms with Crippen LogP contribution in [0.4, 0.5) is 4.79 Å². The van der Waals surface area contributed by atoms with Gasteiger partial charge in [-0.15, -0.1) is 11.3 Å². The zero-order valence-electron chi connectivity index (χ0n) is 29.2. The van der Waals surface area contributed by atoms with Gasteiger partial charge in [-0.3, -0.25) is 4.79 Å². The lowest BCUT2D eigenvalue weighted by molar-refractivity contribution is -0.174. The Labute approximate surface area is 294 Å². The van der Waals surface area contributed by atoms with E-state index in [1.807, 2.05) is 56.3 Å². The van der Waals surface area contributed by atoms with E-state index < -0.39 is 22.5 Å². The number of carbonyl (C=O) groups is 2. The lowest BCUT2D eigenvalue weighted by atomic mass is 9.32. The van der Waals surface area contributed by atoms with E-state index in [0.717, 1.165) is 58.2 Å². The molecule has 0 aliphatic heterocycles. The molecule has 2 spiro atoms. The molecule has 2 aromatic carbocycles. The summed E-state index contributed by atoms with van der Waals surface area (Å²) in [5.41, 5.74) is -0.757. The van der Waals surface area contributed by atoms with Gasteiger partial charge in [0.1, 0.15) is 0 Å². The van der Waals surface area contributed by atoms with Crippen molar-refractivity contribution in [2.75, 3.05) is 6.54 Å². The summed E-state index contributed by atoms with van der Waals surface area (Å²) in [5, 5.41) is 28.2. The predicted molar refractivity (Wildman–Crippen MR) is 195 cm³/mol. The van der Waals surface area contributed by atoms with Crippen LogP contribution in [0, 0.1) is 33.5 Å². The van der Waals surface area contributed by atoms with E-state index >= 15 is 4.79 Å². The third-order valence-electron chi connectivity index (χ3n) is 14.0. The molecule has 6 aliphatic carbocycles. The average molecular weight is 679 g/mol. The fraction of sp³-hybridized carbons (Fsp3) is 0.524. The van der Waals surface area contributed by atoms with Gasteiger partial charge in [-0.2, -0.15) is 0 Å². The Morgan fingerprint density at radius 3 is 2.39 bits per heavy atom. The highest BCUT2D eigenvalue weighted by molar-refractivity contribution is 7.21. The highest BCUT2D eigenvalue weighted by Gasteiger charge is 2.74. The summed E-state index contributed by atoms with van der Waals surface area (Å²) in [6.07, 6.45) is 12.0. The quantitative estimate of drug-likeness (QED) is 0.173. The van der Waals surface area contributed by atoms with Crippen molar-refractivity contribution in [3.05, 3.63) is 94.9 Å². The zero-order chi connectivity index (χ0) is 34.4. The summed E-state index contributed by atoms with van der Waals surface area (Å²) in [6.45, 7) is 9.23. The number of ketones is 1. The van der Waals surface area contributed by atoms with Gasteiger partial charge in [0.25, 0.3) is 0 Å². The molecule has 3 fully saturated rings. The van der Waals surface area contributed by atoms with Crippen molar-refractivity contribution >= 4 is 33.2 Å². The van der Waals surface area contributed by atoms with Gasteiger partial charge >= 0.3 is 6.03 Å². The number of carbonyl (C=O) groups excluding carboxylic acids is 2. The maximum Gasteiger partial charge on any atom is 0.317 e. The van der Waals surface area contributed by atoms with Crippen molar-refractivity contribution in [2.45, 2.75) is 96.9 Å². The fourth-order valence-corrected chi connectivity index (χ4v) is 12.5. The molecule has 3 saturated carbocycles. The number of aliphatic hydroxyl groups excluding tert-OH is 1. The topological polar surface area (TPSA) is 89.9 Å². The second-order valence-electron chi connectivity index (χ2n) is 16.7. The average Bonchev–Trinajstić information content (AvgIpc) is 3.62. The molecule has 9 rings (SSSR count). The van der Waals surface area contributed by atoms with Crippen molar-refractivity contribution in [1.29, 1.82) is 0 Å². The molecule has 49 heavy (non-hydrogen) atoms. The minimum atomic E-state index is -1.13. The van der Waals surface area contributed by atoms with E-state index in [2.05, 4.69) is 55.6 Å². The van der Waals surface area contributed by atoms with Crippen LogP contribution >= 0.6 is 11.3 Å². The number of fused-ring (bicyclic) bond motifs is 2. The lowest BCUT2D eigenvalue weighted by Crippen LogP contribution is -2.67. The number of urea groups is 1. The Morgan fingerprint density at radius 1 is 0.939 bits per heavy atom. The summed E-state index contributed by atoms with van der Waals surface area (Å²) in [5.74, 6) is 0.345. The highest BCUT2D eigenvalue weighted by atomic mass is 32.1. The number of rotatable bonds is 7. The molecule has 0 saturated heterocycles. The molecule has 8 atom stereocenters. The fourth-order valence-electron chi connectivity index (χ4n) is 11.5. The molecule has 6 nitrogen and oxygen atoms in total. The van der Waals surface area contributed by atoms with Gasteiger partial charge < -0.3 is 20.4 Å². The SMILES string of the molecule is CC(C)NC(=O)N(Cc1ccccc1)C[C@]1(O)CC[C@H]2[C@]34C=C[C@@]5(C=C3C(=O)c3cc6ccccc6s3)CC(O)CC[C@]5(C)[C@H]4CC[C@@]21C. The molecule has 1 unspecified atom stereocenters. The first-order chi connectivity index (χ1) is 23.3. The summed E-state index contributed by atoms with van der Waals surface area (Å²) >= 11 is 1.57. The number of benzene rings is 2. The molecule has 258 valence electrons. The molecule has 3 aromatic rings. The minimum Gasteiger partial charge on any atom is -0.393 e. The number of nitrogens with zero attached hydrogens (tertiary/aromatic N) is 1. The van der Waals surface area contributed by atoms with Gasteiger partial charge in [-0.25, -0.2) is 4.79 Å². The Hall–Kier alpha value is -3.26. The van der Waals surface area contributed by atoms with E-state index in [1.165, 1.54) is 0 Å². The molecular weight excluding hydrogens is 629 g/mol. The zero-order valence-corrected chi connectivity index (χ0v) is 30.1. The predicted octanol–water partition coefficient (Wildman–Crippen LogP) is 8.30. The standard InChI is InChI=1S/C42H50N2O4S/c1-27(2)43-37(47)44(25-28-10-6-5-7-11-28)26-41(48)19-16-35-39(41,4)18-15-34-38(3)17-14-30(45)23-40(38)20-21-42(34,35)31(24-40)36(46)33-22-29-12-8-9-13-32(29)49-33/h5-13,20-22,24,27,30,34-35,45,48H,14-19,23,25-26H2,1-4H3,(H,43,47)/t30?,34-,35-,38-,39+,40+,41-,42-/m1/s1. The van der Waals surface area contributed by atoms with Crippen LogP contribution in [0.25, 0.3) is 10.1 Å². The third kappa shape index (κ3) is 4.71. The van der Waals surface area contributed by atoms with Crippen LogP contribution in [0.5, 0.6) is 0 Å². The monoisotopic (exact) mass is 678 g/mol. The number of hydrogen-bond acceptors (Lipinski definition) is 5. The first kappa shape index (κ1) is 32.9. The maximum atomic E-state index is 15.0. The summed E-state index contributed by atoms with van der Waals surface area (Å²) in [6, 6.07) is 20.1. The van der Waals surface area contributed by atoms with Crippen molar-refractivity contribution in [1.82, 2.24) is 10.2 Å². The molecule has 0 radical (unpaired) electrons. The van der Waals surface area contributed by atoms with Gasteiger partial charge in [0.05, 0.1) is 23.1 Å². The van der Waals surface area contributed by atoms with Crippen LogP contribution in [0.3, 0.4) is 0 Å². The number of hydrogen-bond donors (Lipinski definition) is 3. The normalized spacial score (nSPS) is 37.4. The first-order valence-corrected chi connectivity index (χ1v) is 19.1. The molecule has 2 amide bonds. The second kappa shape index (κ2) is 11.4. The van der Waals surface area contributed by atoms with Gasteiger partial charge in [0.2, 0.25) is 0 Å². The minimum absolute atomic E-state index is 0.0262. The lowest BCUT2D eigenvalue weighted by Gasteiger charge is -2.71. The highest BCUT2D eigenvalue weighted by Crippen LogP contribution is 2.78. The summed E-state index contributed by atoms with van der Waals surface area (Å²) < 4.78 is 1.11. The van der Waals surface area contributed by atoms with E-state index in [1.54, 1.807) is 16.2 Å². The van der Waals surface area contributed by atoms with Gasteiger partial charge in [0, 0.05) is 39.1 Å². The first-order valence-electron chi connectivity index (χ1n) is 18.3. The van der Waals surface area contributed by atoms with Crippen molar-refractivity contribution in [3.8, 4) is 0 Å². The number of allylic oxidation sites excluding steroid dienone is 4. The summed E-state index contributed by atoms with van der Waals surface area (Å²) in [7, 11) is 0. The largest absolute Gasteiger partial charge is 0.393 e. The molecule has 7 heteroatoms. The van der Waals surface area contributed by atoms with Gasteiger partial charge in [-0.05, 0) is 99.1 Å². The molecule has 3 N–H and O–H groups in total. The Bertz CT molecular complexity index is 1830. The van der Waals surface area contributed by atoms with Crippen molar-refractivity contribution in [3.63, 3.8) is 0 Å². The summed E-state index contributed by atoms with van der Waals surface area (Å²) in [4.78, 5) is 31.3. The molecule has 6 aliphatic rings. The van der Waals surface area contributed by atoms with Crippen LogP contribution in [0.2, 0.25) is 0 Å². The number of amides is 2. The van der Waals surface area contributed by atoms with Crippen LogP contribution in [-0.4, -0.2) is 51.2 Å². The second-order valence-corrected chi connectivity index (χ2v) is 17.8. The van der Waals surface area contributed by atoms with Crippen LogP contribution in [0.1, 0.15) is 87.9 Å². The van der Waals surface area contributed by atoms with E-state index in [9.17, 15) is 15.0 Å². The Kier molecular flexibility index (Phi) is 7.64. The number of nitrogens with one attached hydrogen (secondary N) is 1. The smallest absolute Gasteiger partial charge is 0.317 e. The number of aliphatic hydroxyl groups is 2. The Morgan fingerprint density at radius 2 is 1.63 bits per heavy atom.